The van der Waals surface area contributed by atoms with Gasteiger partial charge in [0.05, 0.1) is 5.92 Å². The summed E-state index contributed by atoms with van der Waals surface area (Å²) in [5.41, 5.74) is 1.06. The lowest BCUT2D eigenvalue weighted by Gasteiger charge is -2.22. The van der Waals surface area contributed by atoms with Gasteiger partial charge in [0.2, 0.25) is 0 Å². The second-order valence-corrected chi connectivity index (χ2v) is 3.19. The molecule has 0 spiro atoms. The minimum Gasteiger partial charge on any atom is -0.481 e. The molecule has 1 atom stereocenters. The molecule has 0 unspecified atom stereocenters. The number of carbonyl (C=O) groups excluding carboxylic acids is 1. The minimum absolute atomic E-state index is 0.172. The highest BCUT2D eigenvalue weighted by Crippen LogP contribution is 2.23. The first kappa shape index (κ1) is 8.74. The molecule has 0 saturated heterocycles. The van der Waals surface area contributed by atoms with Gasteiger partial charge in [0.1, 0.15) is 0 Å². The Morgan fingerprint density at radius 2 is 2.14 bits per heavy atom. The number of carboxylic acid groups (broad SMARTS) is 1. The zero-order chi connectivity index (χ0) is 10.1. The quantitative estimate of drug-likeness (QED) is 0.683. The molecule has 4 nitrogen and oxygen atoms in total. The molecule has 0 fully saturated rings. The number of nitrogens with one attached hydrogen (secondary N) is 1. The average Bonchev–Trinajstić information content (AvgIpc) is 2.18. The third-order valence-corrected chi connectivity index (χ3v) is 2.35. The third-order valence-electron chi connectivity index (χ3n) is 2.35. The van der Waals surface area contributed by atoms with E-state index in [1.807, 2.05) is 0 Å². The molecule has 14 heavy (non-hydrogen) atoms. The van der Waals surface area contributed by atoms with Crippen molar-refractivity contribution in [1.29, 1.82) is 0 Å². The van der Waals surface area contributed by atoms with Crippen LogP contribution < -0.4 is 5.32 Å². The number of aliphatic carboxylic acids is 1. The van der Waals surface area contributed by atoms with Crippen LogP contribution in [0.3, 0.4) is 0 Å². The van der Waals surface area contributed by atoms with Crippen molar-refractivity contribution in [3.8, 4) is 0 Å². The number of carbonyl (C=O) groups is 2. The van der Waals surface area contributed by atoms with E-state index in [0.717, 1.165) is 0 Å². The Kier molecular flexibility index (Phi) is 1.96. The van der Waals surface area contributed by atoms with Crippen LogP contribution in [0.4, 0.5) is 0 Å². The molecule has 4 heteroatoms. The van der Waals surface area contributed by atoms with Gasteiger partial charge in [-0.05, 0) is 11.6 Å². The molecule has 1 heterocycles. The van der Waals surface area contributed by atoms with E-state index in [9.17, 15) is 9.59 Å². The molecule has 0 radical (unpaired) electrons. The first-order chi connectivity index (χ1) is 6.70. The first-order valence-electron chi connectivity index (χ1n) is 4.30. The Labute approximate surface area is 80.6 Å². The number of hydrogen-bond acceptors (Lipinski definition) is 2. The highest BCUT2D eigenvalue weighted by atomic mass is 16.4. The van der Waals surface area contributed by atoms with E-state index >= 15 is 0 Å². The fraction of sp³-hybridized carbons (Fsp3) is 0.200. The number of rotatable bonds is 1. The Balaban J connectivity index is 2.52. The van der Waals surface area contributed by atoms with E-state index in [1.54, 1.807) is 24.3 Å². The lowest BCUT2D eigenvalue weighted by atomic mass is 9.91. The molecule has 0 saturated carbocycles. The molecule has 0 aliphatic carbocycles. The minimum atomic E-state index is -0.905. The van der Waals surface area contributed by atoms with Gasteiger partial charge in [-0.2, -0.15) is 0 Å². The summed E-state index contributed by atoms with van der Waals surface area (Å²) in [4.78, 5) is 22.2. The normalized spacial score (nSPS) is 19.7. The van der Waals surface area contributed by atoms with Crippen LogP contribution in [0, 0.1) is 0 Å². The molecule has 1 aromatic rings. The summed E-state index contributed by atoms with van der Waals surface area (Å²) in [6.45, 7) is 0.172. The monoisotopic (exact) mass is 191 g/mol. The second-order valence-electron chi connectivity index (χ2n) is 3.19. The van der Waals surface area contributed by atoms with Crippen LogP contribution >= 0.6 is 0 Å². The van der Waals surface area contributed by atoms with Crippen LogP contribution in [0.15, 0.2) is 24.3 Å². The van der Waals surface area contributed by atoms with E-state index in [4.69, 9.17) is 5.11 Å². The Hall–Kier alpha value is -1.84. The summed E-state index contributed by atoms with van der Waals surface area (Å²) in [5, 5.41) is 11.5. The molecule has 2 N–H and O–H groups in total. The summed E-state index contributed by atoms with van der Waals surface area (Å²) in [7, 11) is 0. The van der Waals surface area contributed by atoms with Gasteiger partial charge < -0.3 is 10.4 Å². The summed E-state index contributed by atoms with van der Waals surface area (Å²) in [6.07, 6.45) is 0. The lowest BCUT2D eigenvalue weighted by molar-refractivity contribution is -0.138. The zero-order valence-electron chi connectivity index (χ0n) is 7.36. The molecule has 0 aromatic heterocycles. The van der Waals surface area contributed by atoms with Gasteiger partial charge in [0.15, 0.2) is 0 Å². The van der Waals surface area contributed by atoms with Crippen LogP contribution in [0.25, 0.3) is 0 Å². The maximum Gasteiger partial charge on any atom is 0.312 e. The fourth-order valence-corrected chi connectivity index (χ4v) is 1.63. The largest absolute Gasteiger partial charge is 0.481 e. The van der Waals surface area contributed by atoms with Crippen molar-refractivity contribution in [3.63, 3.8) is 0 Å². The molecule has 2 rings (SSSR count). The van der Waals surface area contributed by atoms with Crippen LogP contribution in [0.5, 0.6) is 0 Å². The van der Waals surface area contributed by atoms with Crippen molar-refractivity contribution >= 4 is 11.9 Å². The Bertz CT molecular complexity index is 400. The molecular formula is C10H9NO3. The number of hydrogen-bond donors (Lipinski definition) is 2. The molecule has 1 amide bonds. The van der Waals surface area contributed by atoms with E-state index in [1.165, 1.54) is 0 Å². The van der Waals surface area contributed by atoms with Crippen molar-refractivity contribution in [2.45, 2.75) is 5.92 Å². The van der Waals surface area contributed by atoms with Crippen LogP contribution in [-0.4, -0.2) is 23.5 Å². The zero-order valence-corrected chi connectivity index (χ0v) is 7.36. The van der Waals surface area contributed by atoms with Gasteiger partial charge in [0.25, 0.3) is 5.91 Å². The number of benzene rings is 1. The van der Waals surface area contributed by atoms with Gasteiger partial charge in [-0.15, -0.1) is 0 Å². The van der Waals surface area contributed by atoms with Crippen LogP contribution in [0.1, 0.15) is 21.8 Å². The predicted molar refractivity (Wildman–Crippen MR) is 49.2 cm³/mol. The van der Waals surface area contributed by atoms with Crippen molar-refractivity contribution in [3.05, 3.63) is 35.4 Å². The topological polar surface area (TPSA) is 66.4 Å². The highest BCUT2D eigenvalue weighted by molar-refractivity contribution is 5.99. The second kappa shape index (κ2) is 3.14. The standard InChI is InChI=1S/C10H9NO3/c12-9-7-4-2-1-3-6(7)8(5-11-9)10(13)14/h1-4,8H,5H2,(H,11,12)(H,13,14)/t8-/m1/s1. The lowest BCUT2D eigenvalue weighted by Crippen LogP contribution is -2.37. The molecule has 72 valence electrons. The maximum atomic E-state index is 11.3. The Morgan fingerprint density at radius 1 is 1.43 bits per heavy atom. The summed E-state index contributed by atoms with van der Waals surface area (Å²) in [6, 6.07) is 6.79. The molecular weight excluding hydrogens is 182 g/mol. The first-order valence-corrected chi connectivity index (χ1v) is 4.30. The van der Waals surface area contributed by atoms with Crippen molar-refractivity contribution in [2.24, 2.45) is 0 Å². The van der Waals surface area contributed by atoms with Crippen molar-refractivity contribution in [1.82, 2.24) is 5.32 Å². The third kappa shape index (κ3) is 1.25. The molecule has 1 aromatic carbocycles. The number of amides is 1. The maximum absolute atomic E-state index is 11.3. The fourth-order valence-electron chi connectivity index (χ4n) is 1.63. The van der Waals surface area contributed by atoms with Gasteiger partial charge >= 0.3 is 5.97 Å². The number of fused-ring (bicyclic) bond motifs is 1. The van der Waals surface area contributed by atoms with E-state index in [2.05, 4.69) is 5.32 Å². The summed E-state index contributed by atoms with van der Waals surface area (Å²) < 4.78 is 0. The highest BCUT2D eigenvalue weighted by Gasteiger charge is 2.29. The van der Waals surface area contributed by atoms with Crippen molar-refractivity contribution in [2.75, 3.05) is 6.54 Å². The SMILES string of the molecule is O=C1NC[C@@H](C(=O)O)c2ccccc21. The molecule has 0 bridgehead atoms. The summed E-state index contributed by atoms with van der Waals surface area (Å²) in [5.74, 6) is -1.72. The van der Waals surface area contributed by atoms with Crippen LogP contribution in [-0.2, 0) is 4.79 Å². The number of carboxylic acids is 1. The molecule has 1 aliphatic heterocycles. The van der Waals surface area contributed by atoms with Gasteiger partial charge in [-0.25, -0.2) is 0 Å². The van der Waals surface area contributed by atoms with Crippen molar-refractivity contribution < 1.29 is 14.7 Å². The molecule has 1 aliphatic rings. The van der Waals surface area contributed by atoms with E-state index < -0.39 is 11.9 Å². The summed E-state index contributed by atoms with van der Waals surface area (Å²) >= 11 is 0. The smallest absolute Gasteiger partial charge is 0.312 e. The van der Waals surface area contributed by atoms with E-state index in [0.29, 0.717) is 11.1 Å². The Morgan fingerprint density at radius 3 is 2.86 bits per heavy atom. The van der Waals surface area contributed by atoms with Gasteiger partial charge in [-0.1, -0.05) is 18.2 Å². The predicted octanol–water partition coefficient (Wildman–Crippen LogP) is 0.598. The van der Waals surface area contributed by atoms with Gasteiger partial charge in [-0.3, -0.25) is 9.59 Å². The van der Waals surface area contributed by atoms with Gasteiger partial charge in [0, 0.05) is 12.1 Å². The van der Waals surface area contributed by atoms with Crippen LogP contribution in [0.2, 0.25) is 0 Å². The van der Waals surface area contributed by atoms with E-state index in [-0.39, 0.29) is 12.5 Å². The average molecular weight is 191 g/mol.